The van der Waals surface area contributed by atoms with Gasteiger partial charge in [-0.1, -0.05) is 0 Å². The summed E-state index contributed by atoms with van der Waals surface area (Å²) in [4.78, 5) is 4.10. The third-order valence-electron chi connectivity index (χ3n) is 4.02. The van der Waals surface area contributed by atoms with Crippen LogP contribution in [-0.4, -0.2) is 51.7 Å². The molecule has 7 nitrogen and oxygen atoms in total. The predicted octanol–water partition coefficient (Wildman–Crippen LogP) is 0.326. The van der Waals surface area contributed by atoms with Crippen LogP contribution >= 0.6 is 24.0 Å². The summed E-state index contributed by atoms with van der Waals surface area (Å²) in [5, 5.41) is 30.8. The third kappa shape index (κ3) is 4.82. The summed E-state index contributed by atoms with van der Waals surface area (Å²) in [6.07, 6.45) is 6.15. The van der Waals surface area contributed by atoms with Crippen LogP contribution in [0.1, 0.15) is 31.7 Å². The van der Waals surface area contributed by atoms with E-state index in [-0.39, 0.29) is 24.0 Å². The summed E-state index contributed by atoms with van der Waals surface area (Å²) in [5.74, 6) is 0.569. The fraction of sp³-hybridized carbons (Fsp3) is 0.714. The van der Waals surface area contributed by atoms with Gasteiger partial charge in [0.05, 0.1) is 18.3 Å². The van der Waals surface area contributed by atoms with Crippen molar-refractivity contribution >= 4 is 29.9 Å². The lowest BCUT2D eigenvalue weighted by Gasteiger charge is -2.37. The number of guanidine groups is 1. The molecule has 0 saturated heterocycles. The molecule has 1 aromatic rings. The molecule has 0 aromatic carbocycles. The maximum absolute atomic E-state index is 10.5. The average Bonchev–Trinajstić information content (AvgIpc) is 2.84. The number of aromatic nitrogens is 2. The van der Waals surface area contributed by atoms with Gasteiger partial charge in [-0.2, -0.15) is 5.10 Å². The number of aryl methyl sites for hydroxylation is 1. The lowest BCUT2D eigenvalue weighted by molar-refractivity contribution is -0.0279. The lowest BCUT2D eigenvalue weighted by Crippen LogP contribution is -2.52. The van der Waals surface area contributed by atoms with Crippen molar-refractivity contribution in [2.75, 3.05) is 20.1 Å². The van der Waals surface area contributed by atoms with Crippen molar-refractivity contribution in [3.05, 3.63) is 18.0 Å². The first-order valence-corrected chi connectivity index (χ1v) is 7.23. The van der Waals surface area contributed by atoms with Crippen molar-refractivity contribution in [1.29, 1.82) is 0 Å². The normalized spacial score (nSPS) is 19.6. The molecule has 1 saturated carbocycles. The van der Waals surface area contributed by atoms with E-state index < -0.39 is 11.2 Å². The molecule has 0 radical (unpaired) electrons. The minimum absolute atomic E-state index is 0. The molecular weight excluding hydrogens is 397 g/mol. The Morgan fingerprint density at radius 1 is 1.50 bits per heavy atom. The maximum Gasteiger partial charge on any atom is 0.191 e. The van der Waals surface area contributed by atoms with E-state index in [0.29, 0.717) is 19.0 Å². The zero-order chi connectivity index (χ0) is 15.5. The van der Waals surface area contributed by atoms with Crippen molar-refractivity contribution in [2.45, 2.75) is 37.4 Å². The highest BCUT2D eigenvalue weighted by atomic mass is 127. The molecular formula is C14H26IN5O2. The van der Waals surface area contributed by atoms with Crippen LogP contribution in [0.2, 0.25) is 0 Å². The molecule has 22 heavy (non-hydrogen) atoms. The fourth-order valence-corrected chi connectivity index (χ4v) is 2.29. The molecule has 1 aliphatic rings. The standard InChI is InChI=1S/C14H25N5O2.HI/c1-13(20,11-7-18-19(3)8-11)9-16-12(15-2)17-10-14(21)5-4-6-14;/h7-8,20-21H,4-6,9-10H2,1-3H3,(H2,15,16,17);1H. The van der Waals surface area contributed by atoms with E-state index in [1.807, 2.05) is 7.05 Å². The van der Waals surface area contributed by atoms with Crippen LogP contribution < -0.4 is 10.6 Å². The second-order valence-corrected chi connectivity index (χ2v) is 6.03. The van der Waals surface area contributed by atoms with Crippen molar-refractivity contribution in [2.24, 2.45) is 12.0 Å². The SMILES string of the molecule is CN=C(NCC1(O)CCC1)NCC(C)(O)c1cnn(C)c1.I. The Labute approximate surface area is 148 Å². The van der Waals surface area contributed by atoms with Crippen molar-refractivity contribution in [3.8, 4) is 0 Å². The molecule has 1 unspecified atom stereocenters. The molecule has 1 aliphatic carbocycles. The zero-order valence-electron chi connectivity index (χ0n) is 13.3. The monoisotopic (exact) mass is 423 g/mol. The van der Waals surface area contributed by atoms with Crippen molar-refractivity contribution in [1.82, 2.24) is 20.4 Å². The Morgan fingerprint density at radius 3 is 2.64 bits per heavy atom. The Bertz CT molecular complexity index is 511. The quantitative estimate of drug-likeness (QED) is 0.311. The largest absolute Gasteiger partial charge is 0.388 e. The highest BCUT2D eigenvalue weighted by Crippen LogP contribution is 2.30. The van der Waals surface area contributed by atoms with Gasteiger partial charge in [-0.15, -0.1) is 24.0 Å². The van der Waals surface area contributed by atoms with E-state index >= 15 is 0 Å². The molecule has 126 valence electrons. The van der Waals surface area contributed by atoms with Gasteiger partial charge in [0.15, 0.2) is 5.96 Å². The molecule has 0 spiro atoms. The van der Waals surface area contributed by atoms with Crippen molar-refractivity contribution in [3.63, 3.8) is 0 Å². The fourth-order valence-electron chi connectivity index (χ4n) is 2.29. The van der Waals surface area contributed by atoms with Crippen LogP contribution in [0, 0.1) is 0 Å². The van der Waals surface area contributed by atoms with E-state index in [1.165, 1.54) is 0 Å². The van der Waals surface area contributed by atoms with Gasteiger partial charge in [-0.25, -0.2) is 0 Å². The molecule has 2 rings (SSSR count). The third-order valence-corrected chi connectivity index (χ3v) is 4.02. The number of hydrogen-bond acceptors (Lipinski definition) is 4. The Kier molecular flexibility index (Phi) is 6.63. The summed E-state index contributed by atoms with van der Waals surface area (Å²) < 4.78 is 1.66. The molecule has 1 aromatic heterocycles. The smallest absolute Gasteiger partial charge is 0.191 e. The van der Waals surface area contributed by atoms with Gasteiger partial charge in [0.1, 0.15) is 5.60 Å². The minimum atomic E-state index is -1.04. The predicted molar refractivity (Wildman–Crippen MR) is 96.4 cm³/mol. The van der Waals surface area contributed by atoms with Crippen LogP contribution in [0.4, 0.5) is 0 Å². The number of aliphatic imine (C=N–C) groups is 1. The summed E-state index contributed by atoms with van der Waals surface area (Å²) in [6.45, 7) is 2.50. The molecule has 1 atom stereocenters. The van der Waals surface area contributed by atoms with Gasteiger partial charge >= 0.3 is 0 Å². The summed E-state index contributed by atoms with van der Waals surface area (Å²) in [5.41, 5.74) is -0.909. The van der Waals surface area contributed by atoms with E-state index in [4.69, 9.17) is 0 Å². The highest BCUT2D eigenvalue weighted by Gasteiger charge is 2.34. The van der Waals surface area contributed by atoms with Crippen LogP contribution in [-0.2, 0) is 12.6 Å². The van der Waals surface area contributed by atoms with E-state index in [1.54, 1.807) is 31.0 Å². The number of nitrogens with one attached hydrogen (secondary N) is 2. The highest BCUT2D eigenvalue weighted by molar-refractivity contribution is 14.0. The second-order valence-electron chi connectivity index (χ2n) is 6.03. The first-order chi connectivity index (χ1) is 9.85. The number of aliphatic hydroxyl groups is 2. The van der Waals surface area contributed by atoms with Gasteiger partial charge in [0.2, 0.25) is 0 Å². The first kappa shape index (κ1) is 19.2. The van der Waals surface area contributed by atoms with E-state index in [9.17, 15) is 10.2 Å². The Hall–Kier alpha value is -0.870. The average molecular weight is 423 g/mol. The first-order valence-electron chi connectivity index (χ1n) is 7.23. The van der Waals surface area contributed by atoms with Gasteiger partial charge in [-0.3, -0.25) is 9.67 Å². The number of halogens is 1. The van der Waals surface area contributed by atoms with Gasteiger partial charge in [-0.05, 0) is 26.2 Å². The van der Waals surface area contributed by atoms with Gasteiger partial charge in [0.25, 0.3) is 0 Å². The summed E-state index contributed by atoms with van der Waals surface area (Å²) >= 11 is 0. The summed E-state index contributed by atoms with van der Waals surface area (Å²) in [6, 6.07) is 0. The van der Waals surface area contributed by atoms with E-state index in [2.05, 4.69) is 20.7 Å². The van der Waals surface area contributed by atoms with Crippen LogP contribution in [0.25, 0.3) is 0 Å². The molecule has 0 amide bonds. The number of nitrogens with zero attached hydrogens (tertiary/aromatic N) is 3. The second kappa shape index (κ2) is 7.60. The van der Waals surface area contributed by atoms with Crippen LogP contribution in [0.5, 0.6) is 0 Å². The van der Waals surface area contributed by atoms with Crippen LogP contribution in [0.15, 0.2) is 17.4 Å². The Balaban J connectivity index is 0.00000242. The minimum Gasteiger partial charge on any atom is -0.388 e. The van der Waals surface area contributed by atoms with Crippen LogP contribution in [0.3, 0.4) is 0 Å². The summed E-state index contributed by atoms with van der Waals surface area (Å²) in [7, 11) is 3.48. The number of rotatable bonds is 5. The zero-order valence-corrected chi connectivity index (χ0v) is 15.7. The Morgan fingerprint density at radius 2 is 2.18 bits per heavy atom. The maximum atomic E-state index is 10.5. The number of hydrogen-bond donors (Lipinski definition) is 4. The molecule has 1 heterocycles. The lowest BCUT2D eigenvalue weighted by atomic mass is 9.80. The van der Waals surface area contributed by atoms with Gasteiger partial charge in [0, 0.05) is 32.4 Å². The topological polar surface area (TPSA) is 94.7 Å². The molecule has 8 heteroatoms. The van der Waals surface area contributed by atoms with E-state index in [0.717, 1.165) is 24.8 Å². The van der Waals surface area contributed by atoms with Gasteiger partial charge < -0.3 is 20.8 Å². The molecule has 0 bridgehead atoms. The molecule has 4 N–H and O–H groups in total. The van der Waals surface area contributed by atoms with Crippen molar-refractivity contribution < 1.29 is 10.2 Å². The molecule has 1 fully saturated rings. The molecule has 0 aliphatic heterocycles.